The maximum Gasteiger partial charge on any atom is 0.418 e. The molecule has 2 aromatic heterocycles. The molecule has 0 radical (unpaired) electrons. The molecule has 1 amide bonds. The Morgan fingerprint density at radius 1 is 1.03 bits per heavy atom. The van der Waals surface area contributed by atoms with Gasteiger partial charge in [0.05, 0.1) is 36.4 Å². The normalized spacial score (nSPS) is 11.7. The molecule has 2 aromatic carbocycles. The summed E-state index contributed by atoms with van der Waals surface area (Å²) in [6.07, 6.45) is -2.68. The van der Waals surface area contributed by atoms with Crippen LogP contribution in [-0.4, -0.2) is 31.4 Å². The molecule has 4 rings (SSSR count). The van der Waals surface area contributed by atoms with Crippen LogP contribution in [0.2, 0.25) is 0 Å². The van der Waals surface area contributed by atoms with Crippen molar-refractivity contribution in [2.45, 2.75) is 11.1 Å². The number of nitrogens with one attached hydrogen (secondary N) is 2. The number of alkyl halides is 3. The Hall–Kier alpha value is -4.46. The van der Waals surface area contributed by atoms with Crippen molar-refractivity contribution >= 4 is 27.3 Å². The predicted molar refractivity (Wildman–Crippen MR) is 123 cm³/mol. The molecular weight excluding hydrogens is 520 g/mol. The minimum Gasteiger partial charge on any atom is -0.480 e. The number of carbonyl (C=O) groups is 1. The molecule has 37 heavy (non-hydrogen) atoms. The van der Waals surface area contributed by atoms with Crippen molar-refractivity contribution in [1.82, 2.24) is 9.97 Å². The number of aromatic nitrogens is 2. The number of methoxy groups -OCH3 is 1. The maximum absolute atomic E-state index is 14.2. The highest BCUT2D eigenvalue weighted by Gasteiger charge is 2.36. The van der Waals surface area contributed by atoms with Gasteiger partial charge in [0.15, 0.2) is 10.7 Å². The summed E-state index contributed by atoms with van der Waals surface area (Å²) < 4.78 is 92.1. The Bertz CT molecular complexity index is 1560. The average molecular weight is 536 g/mol. The lowest BCUT2D eigenvalue weighted by molar-refractivity contribution is -0.137. The summed E-state index contributed by atoms with van der Waals surface area (Å²) in [5, 5.41) is 2.34. The Morgan fingerprint density at radius 3 is 2.43 bits per heavy atom. The van der Waals surface area contributed by atoms with Gasteiger partial charge in [-0.1, -0.05) is 36.4 Å². The van der Waals surface area contributed by atoms with Gasteiger partial charge in [0.25, 0.3) is 15.9 Å². The minimum absolute atomic E-state index is 0.185. The molecule has 0 aliphatic carbocycles. The summed E-state index contributed by atoms with van der Waals surface area (Å²) in [6, 6.07) is 11.6. The lowest BCUT2D eigenvalue weighted by atomic mass is 10.1. The number of hydrogen-bond acceptors (Lipinski definition) is 7. The molecule has 0 aliphatic heterocycles. The first-order valence-corrected chi connectivity index (χ1v) is 11.7. The summed E-state index contributed by atoms with van der Waals surface area (Å²) in [5.74, 6) is -2.88. The quantitative estimate of drug-likeness (QED) is 0.320. The fourth-order valence-corrected chi connectivity index (χ4v) is 4.43. The number of oxazole rings is 1. The molecule has 2 heterocycles. The van der Waals surface area contributed by atoms with E-state index in [1.54, 1.807) is 35.1 Å². The van der Waals surface area contributed by atoms with E-state index in [4.69, 9.17) is 9.15 Å². The van der Waals surface area contributed by atoms with Crippen molar-refractivity contribution in [3.63, 3.8) is 0 Å². The largest absolute Gasteiger partial charge is 0.480 e. The van der Waals surface area contributed by atoms with Crippen LogP contribution in [0.25, 0.3) is 11.3 Å². The van der Waals surface area contributed by atoms with Gasteiger partial charge in [-0.25, -0.2) is 22.8 Å². The second-order valence-electron chi connectivity index (χ2n) is 7.35. The number of para-hydroxylation sites is 1. The molecule has 0 saturated carbocycles. The highest BCUT2D eigenvalue weighted by Crippen LogP contribution is 2.38. The van der Waals surface area contributed by atoms with Crippen LogP contribution in [-0.2, 0) is 16.2 Å². The fourth-order valence-electron chi connectivity index (χ4n) is 3.20. The lowest BCUT2D eigenvalue weighted by Gasteiger charge is -2.16. The van der Waals surface area contributed by atoms with Gasteiger partial charge in [-0.15, -0.1) is 0 Å². The van der Waals surface area contributed by atoms with Crippen LogP contribution in [0.15, 0.2) is 76.3 Å². The van der Waals surface area contributed by atoms with Crippen molar-refractivity contribution in [1.29, 1.82) is 0 Å². The predicted octanol–water partition coefficient (Wildman–Crippen LogP) is 4.96. The summed E-state index contributed by atoms with van der Waals surface area (Å²) in [7, 11) is -3.81. The molecule has 0 unspecified atom stereocenters. The van der Waals surface area contributed by atoms with Crippen LogP contribution in [0, 0.1) is 5.82 Å². The molecule has 192 valence electrons. The number of sulfonamides is 1. The molecule has 0 saturated heterocycles. The highest BCUT2D eigenvalue weighted by atomic mass is 32.2. The number of pyridine rings is 1. The smallest absolute Gasteiger partial charge is 0.418 e. The number of amides is 1. The Balaban J connectivity index is 1.63. The molecule has 2 N–H and O–H groups in total. The molecule has 9 nitrogen and oxygen atoms in total. The zero-order valence-corrected chi connectivity index (χ0v) is 19.5. The minimum atomic E-state index is -5.05. The van der Waals surface area contributed by atoms with Crippen LogP contribution < -0.4 is 14.8 Å². The topological polar surface area (TPSA) is 123 Å². The number of anilines is 2. The number of halogens is 4. The van der Waals surface area contributed by atoms with E-state index < -0.39 is 50.0 Å². The molecule has 0 fully saturated rings. The maximum atomic E-state index is 14.2. The van der Waals surface area contributed by atoms with E-state index in [1.807, 2.05) is 0 Å². The van der Waals surface area contributed by atoms with Crippen molar-refractivity contribution in [3.05, 3.63) is 84.3 Å². The van der Waals surface area contributed by atoms with E-state index in [1.165, 1.54) is 6.20 Å². The van der Waals surface area contributed by atoms with E-state index >= 15 is 0 Å². The number of rotatable bonds is 7. The molecule has 0 spiro atoms. The van der Waals surface area contributed by atoms with Crippen molar-refractivity contribution < 1.29 is 39.9 Å². The molecule has 4 aromatic rings. The van der Waals surface area contributed by atoms with Crippen molar-refractivity contribution in [2.24, 2.45) is 0 Å². The monoisotopic (exact) mass is 536 g/mol. The first-order valence-electron chi connectivity index (χ1n) is 10.2. The van der Waals surface area contributed by atoms with E-state index in [0.717, 1.165) is 25.4 Å². The average Bonchev–Trinajstić information content (AvgIpc) is 3.36. The standard InChI is InChI=1S/C23H16F4N4O5S/c1-35-21-18(37(33,34)31-19-15(23(25,26)27)8-5-9-16(19)24)10-14(11-28-21)30-20(32)22-29-12-17(36-22)13-6-3-2-4-7-13/h2-12,31H,1H3,(H,30,32). The molecular formula is C23H16F4N4O5S. The fraction of sp³-hybridized carbons (Fsp3) is 0.0870. The number of nitrogens with zero attached hydrogens (tertiary/aromatic N) is 2. The molecule has 0 aliphatic rings. The van der Waals surface area contributed by atoms with Crippen LogP contribution in [0.4, 0.5) is 28.9 Å². The highest BCUT2D eigenvalue weighted by molar-refractivity contribution is 7.92. The second-order valence-corrected chi connectivity index (χ2v) is 9.00. The summed E-state index contributed by atoms with van der Waals surface area (Å²) in [4.78, 5) is 19.5. The third-order valence-corrected chi connectivity index (χ3v) is 6.22. The van der Waals surface area contributed by atoms with E-state index in [-0.39, 0.29) is 11.6 Å². The van der Waals surface area contributed by atoms with Gasteiger partial charge >= 0.3 is 12.1 Å². The number of ether oxygens (including phenoxy) is 1. The van der Waals surface area contributed by atoms with Gasteiger partial charge in [-0.2, -0.15) is 13.2 Å². The summed E-state index contributed by atoms with van der Waals surface area (Å²) >= 11 is 0. The Labute approximate surface area is 207 Å². The van der Waals surface area contributed by atoms with Crippen LogP contribution >= 0.6 is 0 Å². The number of carbonyl (C=O) groups excluding carboxylic acids is 1. The van der Waals surface area contributed by atoms with Crippen molar-refractivity contribution in [3.8, 4) is 17.2 Å². The van der Waals surface area contributed by atoms with Gasteiger partial charge in [0, 0.05) is 5.56 Å². The van der Waals surface area contributed by atoms with Crippen LogP contribution in [0.3, 0.4) is 0 Å². The Kier molecular flexibility index (Phi) is 6.85. The van der Waals surface area contributed by atoms with Gasteiger partial charge in [-0.05, 0) is 18.2 Å². The summed E-state index contributed by atoms with van der Waals surface area (Å²) in [6.45, 7) is 0. The van der Waals surface area contributed by atoms with Gasteiger partial charge in [0.2, 0.25) is 5.88 Å². The zero-order chi connectivity index (χ0) is 26.8. The Morgan fingerprint density at radius 2 is 1.76 bits per heavy atom. The first kappa shape index (κ1) is 25.6. The van der Waals surface area contributed by atoms with Crippen LogP contribution in [0.5, 0.6) is 5.88 Å². The van der Waals surface area contributed by atoms with Gasteiger partial charge in [-0.3, -0.25) is 9.52 Å². The lowest BCUT2D eigenvalue weighted by Crippen LogP contribution is -2.20. The first-order chi connectivity index (χ1) is 17.5. The number of hydrogen-bond donors (Lipinski definition) is 2. The SMILES string of the molecule is COc1ncc(NC(=O)c2ncc(-c3ccccc3)o2)cc1S(=O)(=O)Nc1c(F)cccc1C(F)(F)F. The van der Waals surface area contributed by atoms with Gasteiger partial charge in [0.1, 0.15) is 5.82 Å². The molecule has 14 heteroatoms. The van der Waals surface area contributed by atoms with E-state index in [9.17, 15) is 30.8 Å². The second kappa shape index (κ2) is 9.89. The third kappa shape index (κ3) is 5.53. The van der Waals surface area contributed by atoms with Crippen molar-refractivity contribution in [2.75, 3.05) is 17.1 Å². The number of benzene rings is 2. The van der Waals surface area contributed by atoms with E-state index in [0.29, 0.717) is 23.5 Å². The summed E-state index contributed by atoms with van der Waals surface area (Å²) in [5.41, 5.74) is -2.37. The van der Waals surface area contributed by atoms with Crippen LogP contribution in [0.1, 0.15) is 16.2 Å². The van der Waals surface area contributed by atoms with Gasteiger partial charge < -0.3 is 14.5 Å². The zero-order valence-electron chi connectivity index (χ0n) is 18.7. The third-order valence-electron chi connectivity index (χ3n) is 4.87. The molecule has 0 bridgehead atoms. The molecule has 0 atom stereocenters. The van der Waals surface area contributed by atoms with E-state index in [2.05, 4.69) is 15.3 Å².